The van der Waals surface area contributed by atoms with Crippen molar-refractivity contribution in [1.82, 2.24) is 0 Å². The highest BCUT2D eigenvalue weighted by Crippen LogP contribution is 2.60. The van der Waals surface area contributed by atoms with Crippen LogP contribution in [-0.2, 0) is 15.1 Å². The molecule has 1 aromatic rings. The fourth-order valence-electron chi connectivity index (χ4n) is 4.73. The monoisotopic (exact) mass is 489 g/mol. The van der Waals surface area contributed by atoms with Gasteiger partial charge in [0.15, 0.2) is 5.60 Å². The summed E-state index contributed by atoms with van der Waals surface area (Å²) in [5.74, 6) is -0.449. The standard InChI is InChI=1S/C19H25FINO3Si/c1-5-9-22-15-7-6-13(21)11-14(15)19(18(22)24)12(2)17(26(3,4)20)16(25-19)8-10-23/h5-7,11-12,16-17,23H,1,8-10H2,2-4H3/t12-,16+,17-,19+/m0/s1. The molecule has 2 aliphatic heterocycles. The van der Waals surface area contributed by atoms with Crippen LogP contribution in [0.1, 0.15) is 18.9 Å². The Hall–Kier alpha value is -0.773. The van der Waals surface area contributed by atoms with Crippen LogP contribution in [0.4, 0.5) is 9.80 Å². The van der Waals surface area contributed by atoms with Gasteiger partial charge in [-0.3, -0.25) is 4.79 Å². The Labute approximate surface area is 168 Å². The summed E-state index contributed by atoms with van der Waals surface area (Å²) in [4.78, 5) is 15.2. The number of anilines is 1. The molecule has 1 saturated heterocycles. The van der Waals surface area contributed by atoms with Gasteiger partial charge >= 0.3 is 0 Å². The van der Waals surface area contributed by atoms with Gasteiger partial charge in [-0.1, -0.05) is 13.0 Å². The molecule has 4 nitrogen and oxygen atoms in total. The molecule has 26 heavy (non-hydrogen) atoms. The lowest BCUT2D eigenvalue weighted by Crippen LogP contribution is -2.45. The van der Waals surface area contributed by atoms with E-state index in [1.165, 1.54) is 0 Å². The maximum Gasteiger partial charge on any atom is 0.264 e. The predicted molar refractivity (Wildman–Crippen MR) is 111 cm³/mol. The summed E-state index contributed by atoms with van der Waals surface area (Å²) < 4.78 is 22.6. The van der Waals surface area contributed by atoms with E-state index in [0.717, 1.165) is 14.8 Å². The van der Waals surface area contributed by atoms with Crippen molar-refractivity contribution < 1.29 is 18.7 Å². The minimum absolute atomic E-state index is 0.0851. The van der Waals surface area contributed by atoms with E-state index >= 15 is 4.11 Å². The van der Waals surface area contributed by atoms with Crippen molar-refractivity contribution in [2.24, 2.45) is 5.92 Å². The van der Waals surface area contributed by atoms with Crippen molar-refractivity contribution in [3.8, 4) is 0 Å². The maximum atomic E-state index is 15.2. The first-order chi connectivity index (χ1) is 12.2. The second-order valence-corrected chi connectivity index (χ2v) is 12.7. The topological polar surface area (TPSA) is 49.8 Å². The molecular formula is C19H25FINO3Si. The first-order valence-corrected chi connectivity index (χ1v) is 12.9. The number of rotatable bonds is 5. The smallest absolute Gasteiger partial charge is 0.264 e. The number of carbonyl (C=O) groups is 1. The van der Waals surface area contributed by atoms with Gasteiger partial charge in [-0.05, 0) is 60.3 Å². The molecule has 1 spiro atoms. The van der Waals surface area contributed by atoms with Crippen LogP contribution in [0, 0.1) is 9.49 Å². The number of benzene rings is 1. The largest absolute Gasteiger partial charge is 0.396 e. The van der Waals surface area contributed by atoms with E-state index in [4.69, 9.17) is 4.74 Å². The summed E-state index contributed by atoms with van der Waals surface area (Å²) >= 11 is 2.22. The molecule has 0 saturated carbocycles. The van der Waals surface area contributed by atoms with Crippen molar-refractivity contribution in [3.63, 3.8) is 0 Å². The van der Waals surface area contributed by atoms with Gasteiger partial charge in [-0.2, -0.15) is 0 Å². The van der Waals surface area contributed by atoms with Gasteiger partial charge in [0.05, 0.1) is 11.8 Å². The van der Waals surface area contributed by atoms with E-state index in [-0.39, 0.29) is 24.0 Å². The summed E-state index contributed by atoms with van der Waals surface area (Å²) in [5.41, 5.74) is 0.0877. The lowest BCUT2D eigenvalue weighted by Gasteiger charge is -2.31. The number of amides is 1. The van der Waals surface area contributed by atoms with E-state index in [0.29, 0.717) is 13.0 Å². The van der Waals surface area contributed by atoms with Crippen LogP contribution in [0.25, 0.3) is 0 Å². The van der Waals surface area contributed by atoms with Gasteiger partial charge in [0.2, 0.25) is 8.41 Å². The summed E-state index contributed by atoms with van der Waals surface area (Å²) in [7, 11) is -3.11. The Morgan fingerprint density at radius 2 is 2.19 bits per heavy atom. The highest BCUT2D eigenvalue weighted by Gasteiger charge is 2.66. The molecule has 1 amide bonds. The van der Waals surface area contributed by atoms with Gasteiger partial charge in [0, 0.05) is 33.7 Å². The number of aliphatic hydroxyl groups is 1. The second kappa shape index (κ2) is 6.99. The van der Waals surface area contributed by atoms with Crippen molar-refractivity contribution in [1.29, 1.82) is 0 Å². The van der Waals surface area contributed by atoms with Crippen LogP contribution in [0.15, 0.2) is 30.9 Å². The van der Waals surface area contributed by atoms with Crippen molar-refractivity contribution >= 4 is 42.6 Å². The molecule has 1 fully saturated rings. The Kier molecular flexibility index (Phi) is 5.37. The molecular weight excluding hydrogens is 464 g/mol. The molecule has 0 unspecified atom stereocenters. The van der Waals surface area contributed by atoms with Crippen LogP contribution in [0.3, 0.4) is 0 Å². The van der Waals surface area contributed by atoms with E-state index in [1.54, 1.807) is 24.1 Å². The Morgan fingerprint density at radius 3 is 2.77 bits per heavy atom. The number of nitrogens with zero attached hydrogens (tertiary/aromatic N) is 1. The van der Waals surface area contributed by atoms with Gasteiger partial charge < -0.3 is 18.9 Å². The number of halogens is 2. The highest BCUT2D eigenvalue weighted by molar-refractivity contribution is 14.1. The van der Waals surface area contributed by atoms with Crippen molar-refractivity contribution in [3.05, 3.63) is 40.0 Å². The number of hydrogen-bond donors (Lipinski definition) is 1. The van der Waals surface area contributed by atoms with Gasteiger partial charge in [0.1, 0.15) is 0 Å². The molecule has 142 valence electrons. The first kappa shape index (κ1) is 20.0. The minimum atomic E-state index is -3.11. The lowest BCUT2D eigenvalue weighted by atomic mass is 9.82. The molecule has 7 heteroatoms. The van der Waals surface area contributed by atoms with Crippen molar-refractivity contribution in [2.45, 2.75) is 43.7 Å². The Bertz CT molecular complexity index is 738. The fourth-order valence-corrected chi connectivity index (χ4v) is 7.76. The summed E-state index contributed by atoms with van der Waals surface area (Å²) in [6.07, 6.45) is 1.57. The summed E-state index contributed by atoms with van der Waals surface area (Å²) in [6.45, 7) is 9.31. The minimum Gasteiger partial charge on any atom is -0.396 e. The number of aliphatic hydroxyl groups excluding tert-OH is 1. The summed E-state index contributed by atoms with van der Waals surface area (Å²) in [5, 5.41) is 9.47. The molecule has 1 aromatic carbocycles. The Balaban J connectivity index is 2.18. The average molecular weight is 489 g/mol. The van der Waals surface area contributed by atoms with E-state index in [2.05, 4.69) is 29.2 Å². The highest BCUT2D eigenvalue weighted by atomic mass is 127. The molecule has 0 bridgehead atoms. The lowest BCUT2D eigenvalue weighted by molar-refractivity contribution is -0.146. The molecule has 2 aliphatic rings. The van der Waals surface area contributed by atoms with Crippen LogP contribution >= 0.6 is 22.6 Å². The normalized spacial score (nSPS) is 30.9. The molecule has 0 aliphatic carbocycles. The number of ether oxygens (including phenoxy) is 1. The molecule has 2 heterocycles. The number of hydrogen-bond acceptors (Lipinski definition) is 3. The molecule has 0 radical (unpaired) electrons. The number of carbonyl (C=O) groups excluding carboxylic acids is 1. The van der Waals surface area contributed by atoms with E-state index < -0.39 is 20.1 Å². The third-order valence-electron chi connectivity index (χ3n) is 5.65. The van der Waals surface area contributed by atoms with E-state index in [1.807, 2.05) is 25.1 Å². The number of fused-ring (bicyclic) bond motifs is 2. The maximum absolute atomic E-state index is 15.2. The van der Waals surface area contributed by atoms with Crippen LogP contribution in [0.5, 0.6) is 0 Å². The fraction of sp³-hybridized carbons (Fsp3) is 0.526. The summed E-state index contributed by atoms with van der Waals surface area (Å²) in [6, 6.07) is 5.85. The molecule has 4 atom stereocenters. The molecule has 1 N–H and O–H groups in total. The van der Waals surface area contributed by atoms with Crippen LogP contribution in [-0.4, -0.2) is 38.7 Å². The third-order valence-corrected chi connectivity index (χ3v) is 8.78. The Morgan fingerprint density at radius 1 is 1.50 bits per heavy atom. The predicted octanol–water partition coefficient (Wildman–Crippen LogP) is 3.98. The van der Waals surface area contributed by atoms with Crippen molar-refractivity contribution in [2.75, 3.05) is 18.1 Å². The van der Waals surface area contributed by atoms with Gasteiger partial charge in [-0.15, -0.1) is 6.58 Å². The van der Waals surface area contributed by atoms with Crippen LogP contribution < -0.4 is 4.90 Å². The SMILES string of the molecule is C=CCN1C(=O)[C@]2(O[C@H](CCO)[C@@H]([Si](C)(C)F)[C@@H]2C)c2cc(I)ccc21. The van der Waals surface area contributed by atoms with E-state index in [9.17, 15) is 9.90 Å². The second-order valence-electron chi connectivity index (χ2n) is 7.65. The van der Waals surface area contributed by atoms with Crippen LogP contribution in [0.2, 0.25) is 18.6 Å². The molecule has 3 rings (SSSR count). The van der Waals surface area contributed by atoms with Gasteiger partial charge in [0.25, 0.3) is 5.91 Å². The third kappa shape index (κ3) is 2.87. The molecule has 0 aromatic heterocycles. The quantitative estimate of drug-likeness (QED) is 0.295. The average Bonchev–Trinajstić information content (AvgIpc) is 2.96. The zero-order valence-electron chi connectivity index (χ0n) is 15.3. The zero-order chi connectivity index (χ0) is 19.3. The zero-order valence-corrected chi connectivity index (χ0v) is 18.5. The van der Waals surface area contributed by atoms with Gasteiger partial charge in [-0.25, -0.2) is 0 Å². The first-order valence-electron chi connectivity index (χ1n) is 8.89.